The lowest BCUT2D eigenvalue weighted by molar-refractivity contribution is -0.199. The van der Waals surface area contributed by atoms with Crippen LogP contribution in [0.2, 0.25) is 0 Å². The second-order valence-corrected chi connectivity index (χ2v) is 10.1. The van der Waals surface area contributed by atoms with Crippen molar-refractivity contribution < 1.29 is 33.7 Å². The first-order valence-electron chi connectivity index (χ1n) is 11.3. The van der Waals surface area contributed by atoms with Gasteiger partial charge in [0.25, 0.3) is 0 Å². The lowest BCUT2D eigenvalue weighted by Gasteiger charge is -2.59. The average Bonchev–Trinajstić information content (AvgIpc) is 3.01. The Bertz CT molecular complexity index is 882. The van der Waals surface area contributed by atoms with Crippen LogP contribution in [0.4, 0.5) is 4.79 Å². The maximum atomic E-state index is 13.2. The Morgan fingerprint density at radius 3 is 2.69 bits per heavy atom. The molecule has 3 fully saturated rings. The Hall–Kier alpha value is -1.86. The van der Waals surface area contributed by atoms with E-state index in [2.05, 4.69) is 6.92 Å². The van der Waals surface area contributed by atoms with E-state index in [9.17, 15) is 19.5 Å². The van der Waals surface area contributed by atoms with Gasteiger partial charge in [-0.05, 0) is 63.0 Å². The topological polar surface area (TPSA) is 99.1 Å². The minimum absolute atomic E-state index is 0.0161. The molecule has 0 radical (unpaired) electrons. The van der Waals surface area contributed by atoms with E-state index in [0.717, 1.165) is 18.4 Å². The zero-order chi connectivity index (χ0) is 23.3. The highest BCUT2D eigenvalue weighted by Gasteiger charge is 2.71. The van der Waals surface area contributed by atoms with Crippen LogP contribution < -0.4 is 0 Å². The van der Waals surface area contributed by atoms with Crippen molar-refractivity contribution in [2.75, 3.05) is 12.7 Å². The van der Waals surface area contributed by atoms with E-state index in [0.29, 0.717) is 6.42 Å². The number of hydrogen-bond donors (Lipinski definition) is 1. The van der Waals surface area contributed by atoms with Crippen LogP contribution in [0.1, 0.15) is 52.9 Å². The predicted molar refractivity (Wildman–Crippen MR) is 116 cm³/mol. The molecule has 176 valence electrons. The molecule has 3 unspecified atom stereocenters. The van der Waals surface area contributed by atoms with Crippen molar-refractivity contribution in [3.63, 3.8) is 0 Å². The van der Waals surface area contributed by atoms with E-state index >= 15 is 0 Å². The van der Waals surface area contributed by atoms with E-state index in [-0.39, 0.29) is 49.1 Å². The van der Waals surface area contributed by atoms with Gasteiger partial charge in [-0.15, -0.1) is 0 Å². The number of halogens is 1. The third kappa shape index (κ3) is 3.23. The van der Waals surface area contributed by atoms with Gasteiger partial charge < -0.3 is 19.3 Å². The summed E-state index contributed by atoms with van der Waals surface area (Å²) in [5.41, 5.74) is -1.76. The number of esters is 1. The molecule has 4 aliphatic rings. The molecule has 32 heavy (non-hydrogen) atoms. The number of aliphatic hydroxyl groups is 1. The molecule has 7 atom stereocenters. The smallest absolute Gasteiger partial charge is 0.446 e. The largest absolute Gasteiger partial charge is 0.509 e. The lowest BCUT2D eigenvalue weighted by atomic mass is 9.46. The maximum absolute atomic E-state index is 13.2. The van der Waals surface area contributed by atoms with Gasteiger partial charge in [-0.2, -0.15) is 0 Å². The first-order chi connectivity index (χ1) is 15.1. The summed E-state index contributed by atoms with van der Waals surface area (Å²) in [4.78, 5) is 37.5. The first kappa shape index (κ1) is 23.3. The Morgan fingerprint density at radius 1 is 1.25 bits per heavy atom. The number of alkyl halides is 1. The highest BCUT2D eigenvalue weighted by atomic mass is 35.5. The van der Waals surface area contributed by atoms with Gasteiger partial charge in [-0.25, -0.2) is 9.59 Å². The molecule has 0 aromatic heterocycles. The first-order valence-corrected chi connectivity index (χ1v) is 11.9. The van der Waals surface area contributed by atoms with Crippen LogP contribution in [0.3, 0.4) is 0 Å². The summed E-state index contributed by atoms with van der Waals surface area (Å²) in [6.45, 7) is 5.77. The summed E-state index contributed by atoms with van der Waals surface area (Å²) in [6.07, 6.45) is 6.31. The Kier molecular flexibility index (Phi) is 5.95. The summed E-state index contributed by atoms with van der Waals surface area (Å²) < 4.78 is 15.9. The zero-order valence-corrected chi connectivity index (χ0v) is 19.5. The van der Waals surface area contributed by atoms with Gasteiger partial charge in [0.05, 0.1) is 12.7 Å². The molecule has 0 saturated heterocycles. The SMILES string of the molecule is CCOC(=O)O[C@]1(C(=O)OCCl)CC[C@H]2C3CCC4=CC(=O)C=CC4(C)[C@H]3[C@@H](O)CC21C. The number of rotatable bonds is 4. The monoisotopic (exact) mass is 466 g/mol. The van der Waals surface area contributed by atoms with Crippen LogP contribution in [0, 0.1) is 28.6 Å². The quantitative estimate of drug-likeness (QED) is 0.495. The average molecular weight is 467 g/mol. The van der Waals surface area contributed by atoms with Gasteiger partial charge in [0.1, 0.15) is 0 Å². The fourth-order valence-corrected chi connectivity index (χ4v) is 7.41. The number of aliphatic hydroxyl groups excluding tert-OH is 1. The Balaban J connectivity index is 1.73. The van der Waals surface area contributed by atoms with Gasteiger partial charge in [-0.3, -0.25) is 4.79 Å². The standard InChI is InChI=1S/C24H31ClO7/c1-4-30-21(29)32-24(20(28)31-13-25)10-8-17-16-6-5-14-11-15(26)7-9-22(14,2)19(16)18(27)12-23(17,24)3/h7,9,11,16-19,27H,4-6,8,10,12-13H2,1-3H3/t16?,17-,18-,19+,22?,23?,24-/m0/s1. The fraction of sp³-hybridized carbons (Fsp3) is 0.708. The molecule has 4 aliphatic carbocycles. The fourth-order valence-electron chi connectivity index (χ4n) is 7.31. The second kappa shape index (κ2) is 8.17. The second-order valence-electron chi connectivity index (χ2n) is 9.90. The van der Waals surface area contributed by atoms with E-state index in [1.165, 1.54) is 0 Å². The molecule has 3 saturated carbocycles. The minimum atomic E-state index is -1.57. The summed E-state index contributed by atoms with van der Waals surface area (Å²) in [7, 11) is 0. The van der Waals surface area contributed by atoms with Gasteiger partial charge in [0.2, 0.25) is 5.60 Å². The molecule has 0 amide bonds. The molecule has 7 nitrogen and oxygen atoms in total. The van der Waals surface area contributed by atoms with Crippen LogP contribution >= 0.6 is 11.6 Å². The normalized spacial score (nSPS) is 42.3. The van der Waals surface area contributed by atoms with Crippen molar-refractivity contribution in [1.82, 2.24) is 0 Å². The Labute approximate surface area is 193 Å². The molecule has 0 aliphatic heterocycles. The van der Waals surface area contributed by atoms with Crippen molar-refractivity contribution in [2.24, 2.45) is 28.6 Å². The Morgan fingerprint density at radius 2 is 2.00 bits per heavy atom. The van der Waals surface area contributed by atoms with Gasteiger partial charge in [-0.1, -0.05) is 37.1 Å². The van der Waals surface area contributed by atoms with Gasteiger partial charge >= 0.3 is 12.1 Å². The van der Waals surface area contributed by atoms with Crippen LogP contribution in [0.15, 0.2) is 23.8 Å². The minimum Gasteiger partial charge on any atom is -0.446 e. The molecule has 0 spiro atoms. The summed E-state index contributed by atoms with van der Waals surface area (Å²) in [6, 6.07) is -0.354. The van der Waals surface area contributed by atoms with Crippen molar-refractivity contribution in [3.05, 3.63) is 23.8 Å². The molecule has 1 N–H and O–H groups in total. The molecular weight excluding hydrogens is 436 g/mol. The highest BCUT2D eigenvalue weighted by molar-refractivity contribution is 6.17. The predicted octanol–water partition coefficient (Wildman–Crippen LogP) is 3.92. The van der Waals surface area contributed by atoms with E-state index in [4.69, 9.17) is 25.8 Å². The molecule has 8 heteroatoms. The lowest BCUT2D eigenvalue weighted by Crippen LogP contribution is -2.62. The highest BCUT2D eigenvalue weighted by Crippen LogP contribution is 2.68. The summed E-state index contributed by atoms with van der Waals surface area (Å²) in [5.74, 6) is -0.676. The number of carbonyl (C=O) groups excluding carboxylic acids is 3. The third-order valence-electron chi connectivity index (χ3n) is 8.65. The van der Waals surface area contributed by atoms with Crippen LogP contribution in [-0.2, 0) is 23.8 Å². The zero-order valence-electron chi connectivity index (χ0n) is 18.8. The van der Waals surface area contributed by atoms with Gasteiger partial charge in [0.15, 0.2) is 11.8 Å². The van der Waals surface area contributed by atoms with E-state index < -0.39 is 34.7 Å². The molecule has 4 rings (SSSR count). The third-order valence-corrected chi connectivity index (χ3v) is 8.76. The van der Waals surface area contributed by atoms with Crippen molar-refractivity contribution in [3.8, 4) is 0 Å². The van der Waals surface area contributed by atoms with E-state index in [1.807, 2.05) is 13.0 Å². The molecule has 0 heterocycles. The number of fused-ring (bicyclic) bond motifs is 5. The number of ketones is 1. The molecule has 0 aromatic carbocycles. The molecule has 0 aromatic rings. The van der Waals surface area contributed by atoms with E-state index in [1.54, 1.807) is 19.1 Å². The van der Waals surface area contributed by atoms with Crippen LogP contribution in [0.25, 0.3) is 0 Å². The van der Waals surface area contributed by atoms with Crippen LogP contribution in [-0.4, -0.2) is 47.4 Å². The molecular formula is C24H31ClO7. The van der Waals surface area contributed by atoms with Gasteiger partial charge in [0, 0.05) is 16.7 Å². The number of ether oxygens (including phenoxy) is 3. The number of allylic oxidation sites excluding steroid dienone is 4. The summed E-state index contributed by atoms with van der Waals surface area (Å²) >= 11 is 5.70. The summed E-state index contributed by atoms with van der Waals surface area (Å²) in [5, 5.41) is 11.5. The van der Waals surface area contributed by atoms with Crippen molar-refractivity contribution in [2.45, 2.75) is 64.6 Å². The van der Waals surface area contributed by atoms with Crippen LogP contribution in [0.5, 0.6) is 0 Å². The van der Waals surface area contributed by atoms with Crippen molar-refractivity contribution in [1.29, 1.82) is 0 Å². The molecule has 0 bridgehead atoms. The maximum Gasteiger partial charge on any atom is 0.509 e. The number of hydrogen-bond acceptors (Lipinski definition) is 7. The van der Waals surface area contributed by atoms with Crippen molar-refractivity contribution >= 4 is 29.5 Å². The number of carbonyl (C=O) groups is 3.